The molecule has 4 rings (SSSR count). The molecule has 3 atom stereocenters. The van der Waals surface area contributed by atoms with Gasteiger partial charge in [-0.2, -0.15) is 13.2 Å². The largest absolute Gasteiger partial charge is 0.514 e. The zero-order valence-electron chi connectivity index (χ0n) is 28.2. The Bertz CT molecular complexity index is 1680. The van der Waals surface area contributed by atoms with Crippen LogP contribution in [0.4, 0.5) is 33.2 Å². The van der Waals surface area contributed by atoms with Crippen LogP contribution < -0.4 is 4.74 Å². The minimum atomic E-state index is -4.47. The number of alkyl halides is 3. The maximum absolute atomic E-state index is 13.5. The van der Waals surface area contributed by atoms with E-state index >= 15 is 0 Å². The van der Waals surface area contributed by atoms with Crippen molar-refractivity contribution in [3.05, 3.63) is 94.0 Å². The Morgan fingerprint density at radius 1 is 0.780 bits per heavy atom. The molecule has 0 saturated carbocycles. The van der Waals surface area contributed by atoms with Gasteiger partial charge in [0.2, 0.25) is 0 Å². The normalized spacial score (nSPS) is 17.9. The van der Waals surface area contributed by atoms with Gasteiger partial charge in [-0.1, -0.05) is 36.4 Å². The first-order chi connectivity index (χ1) is 23.2. The highest BCUT2D eigenvalue weighted by atomic mass is 19.4. The number of amides is 1. The van der Waals surface area contributed by atoms with E-state index in [1.165, 1.54) is 29.2 Å². The Balaban J connectivity index is 1.64. The van der Waals surface area contributed by atoms with E-state index in [0.29, 0.717) is 16.7 Å². The molecule has 1 heterocycles. The predicted octanol–water partition coefficient (Wildman–Crippen LogP) is 8.35. The zero-order valence-corrected chi connectivity index (χ0v) is 28.2. The van der Waals surface area contributed by atoms with Crippen molar-refractivity contribution in [2.24, 2.45) is 0 Å². The molecule has 0 aromatic heterocycles. The summed E-state index contributed by atoms with van der Waals surface area (Å²) in [6, 6.07) is 15.2. The third-order valence-corrected chi connectivity index (χ3v) is 7.21. The summed E-state index contributed by atoms with van der Waals surface area (Å²) < 4.78 is 66.6. The minimum Gasteiger partial charge on any atom is -0.444 e. The number of hydrogen-bond acceptors (Lipinski definition) is 10. The number of nitro groups is 1. The van der Waals surface area contributed by atoms with Crippen LogP contribution in [-0.4, -0.2) is 64.2 Å². The third-order valence-electron chi connectivity index (χ3n) is 7.21. The van der Waals surface area contributed by atoms with Crippen LogP contribution in [0.25, 0.3) is 11.1 Å². The lowest BCUT2D eigenvalue weighted by Gasteiger charge is -2.30. The number of likely N-dealkylation sites (tertiary alicyclic amines) is 1. The van der Waals surface area contributed by atoms with E-state index in [1.807, 2.05) is 0 Å². The van der Waals surface area contributed by atoms with Crippen molar-refractivity contribution in [1.29, 1.82) is 0 Å². The highest BCUT2D eigenvalue weighted by Gasteiger charge is 2.50. The van der Waals surface area contributed by atoms with E-state index < -0.39 is 64.5 Å². The molecule has 1 saturated heterocycles. The molecule has 0 N–H and O–H groups in total. The lowest BCUT2D eigenvalue weighted by Crippen LogP contribution is -2.45. The Kier molecular flexibility index (Phi) is 11.0. The van der Waals surface area contributed by atoms with Crippen LogP contribution in [-0.2, 0) is 31.5 Å². The predicted molar refractivity (Wildman–Crippen MR) is 172 cm³/mol. The van der Waals surface area contributed by atoms with Crippen LogP contribution in [0.2, 0.25) is 0 Å². The maximum atomic E-state index is 13.5. The fourth-order valence-electron chi connectivity index (χ4n) is 5.07. The molecule has 0 unspecified atom stereocenters. The molecule has 0 spiro atoms. The molecule has 0 bridgehead atoms. The lowest BCUT2D eigenvalue weighted by molar-refractivity contribution is -0.384. The molecule has 1 fully saturated rings. The second kappa shape index (κ2) is 14.6. The molecular weight excluding hydrogens is 665 g/mol. The second-order valence-electron chi connectivity index (χ2n) is 13.5. The summed E-state index contributed by atoms with van der Waals surface area (Å²) in [7, 11) is 0. The number of ether oxygens (including phenoxy) is 5. The first-order valence-electron chi connectivity index (χ1n) is 15.5. The van der Waals surface area contributed by atoms with Gasteiger partial charge >= 0.3 is 24.6 Å². The molecule has 0 aliphatic carbocycles. The van der Waals surface area contributed by atoms with Crippen molar-refractivity contribution < 1.29 is 56.2 Å². The molecule has 1 aliphatic heterocycles. The van der Waals surface area contributed by atoms with E-state index in [2.05, 4.69) is 0 Å². The van der Waals surface area contributed by atoms with Gasteiger partial charge in [0.25, 0.3) is 5.69 Å². The molecule has 0 radical (unpaired) electrons. The summed E-state index contributed by atoms with van der Waals surface area (Å²) in [6.07, 6.45) is -10.1. The van der Waals surface area contributed by atoms with Gasteiger partial charge in [-0.25, -0.2) is 14.4 Å². The fourth-order valence-corrected chi connectivity index (χ4v) is 5.07. The van der Waals surface area contributed by atoms with Gasteiger partial charge in [-0.05, 0) is 88.9 Å². The molecule has 1 aliphatic rings. The Labute approximate surface area is 286 Å². The number of hydrogen-bond donors (Lipinski definition) is 0. The van der Waals surface area contributed by atoms with E-state index in [1.54, 1.807) is 65.8 Å². The second-order valence-corrected chi connectivity index (χ2v) is 13.5. The van der Waals surface area contributed by atoms with Crippen molar-refractivity contribution in [2.45, 2.75) is 83.6 Å². The first kappa shape index (κ1) is 37.5. The molecule has 268 valence electrons. The minimum absolute atomic E-state index is 0.0518. The summed E-state index contributed by atoms with van der Waals surface area (Å²) in [4.78, 5) is 51.0. The molecule has 12 nitrogen and oxygen atoms in total. The van der Waals surface area contributed by atoms with Crippen molar-refractivity contribution in [3.8, 4) is 16.9 Å². The topological polar surface area (TPSA) is 144 Å². The Hall–Kier alpha value is -5.34. The summed E-state index contributed by atoms with van der Waals surface area (Å²) in [6.45, 7) is 9.63. The third kappa shape index (κ3) is 10.3. The monoisotopic (exact) mass is 702 g/mol. The van der Waals surface area contributed by atoms with Gasteiger partial charge < -0.3 is 23.7 Å². The molecule has 1 amide bonds. The lowest BCUT2D eigenvalue weighted by atomic mass is 9.97. The fraction of sp³-hybridized carbons (Fsp3) is 0.400. The van der Waals surface area contributed by atoms with Crippen LogP contribution in [0.15, 0.2) is 72.8 Å². The van der Waals surface area contributed by atoms with Crippen LogP contribution >= 0.6 is 0 Å². The van der Waals surface area contributed by atoms with E-state index in [-0.39, 0.29) is 24.4 Å². The van der Waals surface area contributed by atoms with E-state index in [9.17, 15) is 37.7 Å². The van der Waals surface area contributed by atoms with Crippen molar-refractivity contribution in [1.82, 2.24) is 4.90 Å². The van der Waals surface area contributed by atoms with Gasteiger partial charge in [0.15, 0.2) is 12.2 Å². The molecular formula is C35H37F3N2O10. The summed E-state index contributed by atoms with van der Waals surface area (Å²) in [5, 5.41) is 11.0. The summed E-state index contributed by atoms with van der Waals surface area (Å²) in [5.74, 6) is -0.0670. The van der Waals surface area contributed by atoms with Crippen LogP contribution in [0.1, 0.15) is 52.7 Å². The van der Waals surface area contributed by atoms with Crippen molar-refractivity contribution in [3.63, 3.8) is 0 Å². The smallest absolute Gasteiger partial charge is 0.444 e. The maximum Gasteiger partial charge on any atom is 0.514 e. The Morgan fingerprint density at radius 2 is 1.32 bits per heavy atom. The molecule has 50 heavy (non-hydrogen) atoms. The van der Waals surface area contributed by atoms with Crippen LogP contribution in [0.5, 0.6) is 5.75 Å². The highest BCUT2D eigenvalue weighted by Crippen LogP contribution is 2.33. The van der Waals surface area contributed by atoms with Gasteiger partial charge in [0, 0.05) is 12.1 Å². The highest BCUT2D eigenvalue weighted by molar-refractivity contribution is 5.71. The number of nitro benzene ring substituents is 1. The number of halogens is 3. The van der Waals surface area contributed by atoms with Crippen LogP contribution in [0, 0.1) is 10.1 Å². The zero-order chi connectivity index (χ0) is 37.0. The number of carbonyl (C=O) groups excluding carboxylic acids is 3. The van der Waals surface area contributed by atoms with Crippen molar-refractivity contribution >= 4 is 24.1 Å². The van der Waals surface area contributed by atoms with Gasteiger partial charge in [-0.15, -0.1) is 0 Å². The first-order valence-corrected chi connectivity index (χ1v) is 15.5. The summed E-state index contributed by atoms with van der Waals surface area (Å²) >= 11 is 0. The quantitative estimate of drug-likeness (QED) is 0.0775. The molecule has 3 aromatic carbocycles. The number of benzene rings is 3. The molecule has 3 aromatic rings. The van der Waals surface area contributed by atoms with E-state index in [0.717, 1.165) is 24.3 Å². The SMILES string of the molecule is CC(C)(C)OC(=O)O[C@H]1CN(C(=O)OC(C)(C)C)[C@H](Cc2ccc(-c3ccc(C(F)(F)F)cc3)cc2)[C@@H]1OC(=O)Oc1ccc([N+](=O)[O-])cc1. The van der Waals surface area contributed by atoms with E-state index in [4.69, 9.17) is 23.7 Å². The molecule has 15 heteroatoms. The summed E-state index contributed by atoms with van der Waals surface area (Å²) in [5.41, 5.74) is -1.05. The van der Waals surface area contributed by atoms with Gasteiger partial charge in [0.05, 0.1) is 23.1 Å². The number of rotatable bonds is 7. The van der Waals surface area contributed by atoms with Crippen molar-refractivity contribution in [2.75, 3.05) is 6.54 Å². The van der Waals surface area contributed by atoms with Crippen LogP contribution in [0.3, 0.4) is 0 Å². The average molecular weight is 703 g/mol. The van der Waals surface area contributed by atoms with Gasteiger partial charge in [0.1, 0.15) is 17.0 Å². The van der Waals surface area contributed by atoms with Gasteiger partial charge in [-0.3, -0.25) is 15.0 Å². The number of carbonyl (C=O) groups is 3. The number of non-ortho nitro benzene ring substituents is 1. The standard InChI is InChI=1S/C35H37F3N2O10/c1-33(2,3)49-30(41)39-20-28(47-32(43)50-34(4,5)6)29(48-31(42)46-26-17-15-25(16-18-26)40(44)45)27(39)19-21-7-9-22(10-8-21)23-11-13-24(14-12-23)35(36,37)38/h7-18,27-29H,19-20H2,1-6H3/t27-,28+,29+/m1/s1. The Morgan fingerprint density at radius 3 is 1.82 bits per heavy atom. The number of nitrogens with zero attached hydrogens (tertiary/aromatic N) is 2. The average Bonchev–Trinajstić information content (AvgIpc) is 3.31.